The molecule has 0 spiro atoms. The number of pyridine rings is 2. The number of benzene rings is 1. The van der Waals surface area contributed by atoms with Gasteiger partial charge in [-0.25, -0.2) is 9.97 Å². The van der Waals surface area contributed by atoms with Crippen LogP contribution in [0.15, 0.2) is 54.6 Å². The molecule has 0 aliphatic heterocycles. The molecule has 0 atom stereocenters. The smallest absolute Gasteiger partial charge is 0.311 e. The molecular weight excluding hydrogens is 442 g/mol. The van der Waals surface area contributed by atoms with Crippen LogP contribution in [0.3, 0.4) is 0 Å². The Morgan fingerprint density at radius 2 is 1.74 bits per heavy atom. The van der Waals surface area contributed by atoms with Crippen LogP contribution in [0, 0.1) is 18.3 Å². The average molecular weight is 474 g/mol. The quantitative estimate of drug-likeness (QED) is 0.427. The van der Waals surface area contributed by atoms with Crippen LogP contribution in [0.4, 0.5) is 23.0 Å². The largest absolute Gasteiger partial charge is 0.469 e. The molecule has 35 heavy (non-hydrogen) atoms. The van der Waals surface area contributed by atoms with Gasteiger partial charge < -0.3 is 21.1 Å². The van der Waals surface area contributed by atoms with Gasteiger partial charge in [-0.15, -0.1) is 0 Å². The number of methoxy groups -OCH3 is 1. The average Bonchev–Trinajstić information content (AvgIpc) is 2.87. The zero-order chi connectivity index (χ0) is 25.0. The molecule has 0 saturated heterocycles. The third-order valence-electron chi connectivity index (χ3n) is 6.72. The first-order valence-electron chi connectivity index (χ1n) is 11.7. The molecule has 1 saturated carbocycles. The summed E-state index contributed by atoms with van der Waals surface area (Å²) in [6.07, 6.45) is 2.53. The predicted molar refractivity (Wildman–Crippen MR) is 137 cm³/mol. The van der Waals surface area contributed by atoms with Crippen molar-refractivity contribution in [3.05, 3.63) is 60.3 Å². The maximum atomic E-state index is 12.8. The van der Waals surface area contributed by atoms with E-state index in [9.17, 15) is 9.59 Å². The minimum Gasteiger partial charge on any atom is -0.469 e. The lowest BCUT2D eigenvalue weighted by atomic mass is 9.71. The zero-order valence-electron chi connectivity index (χ0n) is 20.3. The van der Waals surface area contributed by atoms with Gasteiger partial charge in [0.25, 0.3) is 0 Å². The van der Waals surface area contributed by atoms with E-state index in [1.54, 1.807) is 6.07 Å². The number of hydrogen-bond donors (Lipinski definition) is 3. The minimum atomic E-state index is -0.513. The van der Waals surface area contributed by atoms with Gasteiger partial charge in [0.15, 0.2) is 5.82 Å². The van der Waals surface area contributed by atoms with Crippen molar-refractivity contribution in [1.29, 1.82) is 0 Å². The Kier molecular flexibility index (Phi) is 7.00. The summed E-state index contributed by atoms with van der Waals surface area (Å²) in [7, 11) is 1.41. The molecule has 1 aliphatic carbocycles. The molecule has 4 rings (SSSR count). The van der Waals surface area contributed by atoms with Gasteiger partial charge in [0.05, 0.1) is 35.3 Å². The summed E-state index contributed by atoms with van der Waals surface area (Å²) in [6.45, 7) is 3.76. The van der Waals surface area contributed by atoms with Gasteiger partial charge in [-0.05, 0) is 63.8 Å². The van der Waals surface area contributed by atoms with Gasteiger partial charge in [-0.3, -0.25) is 9.59 Å². The van der Waals surface area contributed by atoms with E-state index in [2.05, 4.69) is 20.6 Å². The highest BCUT2D eigenvalue weighted by atomic mass is 16.5. The molecule has 0 radical (unpaired) electrons. The number of nitrogens with one attached hydrogen (secondary N) is 2. The second-order valence-corrected chi connectivity index (χ2v) is 9.27. The number of carbonyl (C=O) groups is 2. The number of carbonyl (C=O) groups excluding carboxylic acids is 2. The molecule has 0 unspecified atom stereocenters. The Morgan fingerprint density at radius 1 is 1.03 bits per heavy atom. The fourth-order valence-electron chi connectivity index (χ4n) is 4.43. The Balaban J connectivity index is 1.42. The summed E-state index contributed by atoms with van der Waals surface area (Å²) >= 11 is 0. The standard InChI is InChI=1S/C27H31N5O3/c1-17-21(30-24-20(28)9-10-22(31-24)18-7-5-4-6-8-18)11-12-23(29-17)32-25(33)19-13-15-27(2,16-14-19)26(34)35-3/h4-12,19H,13-16,28H2,1-3H3,(H,30,31)(H,29,32,33). The molecule has 8 heteroatoms. The summed E-state index contributed by atoms with van der Waals surface area (Å²) in [6, 6.07) is 17.2. The Bertz CT molecular complexity index is 1220. The molecule has 8 nitrogen and oxygen atoms in total. The Morgan fingerprint density at radius 3 is 2.40 bits per heavy atom. The van der Waals surface area contributed by atoms with Crippen molar-refractivity contribution >= 4 is 34.9 Å². The van der Waals surface area contributed by atoms with Crippen LogP contribution in [0.25, 0.3) is 11.3 Å². The monoisotopic (exact) mass is 473 g/mol. The number of aromatic nitrogens is 2. The molecule has 1 fully saturated rings. The number of nitrogens with zero attached hydrogens (tertiary/aromatic N) is 2. The first-order chi connectivity index (χ1) is 16.8. The zero-order valence-corrected chi connectivity index (χ0v) is 20.3. The highest BCUT2D eigenvalue weighted by Crippen LogP contribution is 2.40. The second-order valence-electron chi connectivity index (χ2n) is 9.27. The van der Waals surface area contributed by atoms with E-state index in [1.165, 1.54) is 7.11 Å². The van der Waals surface area contributed by atoms with Crippen molar-refractivity contribution in [3.63, 3.8) is 0 Å². The van der Waals surface area contributed by atoms with E-state index >= 15 is 0 Å². The maximum Gasteiger partial charge on any atom is 0.311 e. The van der Waals surface area contributed by atoms with Crippen LogP contribution >= 0.6 is 0 Å². The minimum absolute atomic E-state index is 0.0778. The van der Waals surface area contributed by atoms with Crippen LogP contribution in [-0.2, 0) is 14.3 Å². The molecule has 3 aromatic rings. The number of aryl methyl sites for hydroxylation is 1. The van der Waals surface area contributed by atoms with Crippen LogP contribution in [-0.4, -0.2) is 29.0 Å². The number of esters is 1. The van der Waals surface area contributed by atoms with E-state index in [0.29, 0.717) is 48.7 Å². The van der Waals surface area contributed by atoms with Crippen molar-refractivity contribution in [2.45, 2.75) is 39.5 Å². The molecule has 182 valence electrons. The lowest BCUT2D eigenvalue weighted by molar-refractivity contribution is -0.154. The molecule has 0 bridgehead atoms. The molecule has 1 amide bonds. The third-order valence-corrected chi connectivity index (χ3v) is 6.72. The van der Waals surface area contributed by atoms with E-state index in [-0.39, 0.29) is 17.8 Å². The number of hydrogen-bond acceptors (Lipinski definition) is 7. The van der Waals surface area contributed by atoms with Gasteiger partial charge in [0.1, 0.15) is 5.82 Å². The SMILES string of the molecule is COC(=O)C1(C)CCC(C(=O)Nc2ccc(Nc3nc(-c4ccccc4)ccc3N)c(C)n2)CC1. The van der Waals surface area contributed by atoms with Gasteiger partial charge in [-0.2, -0.15) is 0 Å². The lowest BCUT2D eigenvalue weighted by Crippen LogP contribution is -2.37. The van der Waals surface area contributed by atoms with E-state index in [4.69, 9.17) is 10.5 Å². The molecule has 1 aromatic carbocycles. The second kappa shape index (κ2) is 10.1. The summed E-state index contributed by atoms with van der Waals surface area (Å²) in [5.74, 6) is 0.590. The topological polar surface area (TPSA) is 119 Å². The predicted octanol–water partition coefficient (Wildman–Crippen LogP) is 5.09. The number of anilines is 4. The van der Waals surface area contributed by atoms with Crippen LogP contribution in [0.5, 0.6) is 0 Å². The van der Waals surface area contributed by atoms with Crippen molar-refractivity contribution in [2.24, 2.45) is 11.3 Å². The van der Waals surface area contributed by atoms with Crippen LogP contribution < -0.4 is 16.4 Å². The van der Waals surface area contributed by atoms with Crippen LogP contribution in [0.1, 0.15) is 38.3 Å². The van der Waals surface area contributed by atoms with Crippen molar-refractivity contribution in [1.82, 2.24) is 9.97 Å². The van der Waals surface area contributed by atoms with Crippen molar-refractivity contribution in [3.8, 4) is 11.3 Å². The van der Waals surface area contributed by atoms with Gasteiger partial charge >= 0.3 is 5.97 Å². The molecular formula is C27H31N5O3. The fraction of sp³-hybridized carbons (Fsp3) is 0.333. The van der Waals surface area contributed by atoms with Crippen molar-refractivity contribution < 1.29 is 14.3 Å². The fourth-order valence-corrected chi connectivity index (χ4v) is 4.43. The number of nitrogens with two attached hydrogens (primary N) is 1. The van der Waals surface area contributed by atoms with Crippen molar-refractivity contribution in [2.75, 3.05) is 23.5 Å². The van der Waals surface area contributed by atoms with Gasteiger partial charge in [-0.1, -0.05) is 30.3 Å². The summed E-state index contributed by atoms with van der Waals surface area (Å²) < 4.78 is 4.92. The molecule has 4 N–H and O–H groups in total. The normalized spacial score (nSPS) is 19.6. The van der Waals surface area contributed by atoms with E-state index in [1.807, 2.05) is 62.4 Å². The number of nitrogen functional groups attached to an aromatic ring is 1. The first kappa shape index (κ1) is 24.2. The highest BCUT2D eigenvalue weighted by molar-refractivity contribution is 5.92. The van der Waals surface area contributed by atoms with Crippen LogP contribution in [0.2, 0.25) is 0 Å². The number of amides is 1. The maximum absolute atomic E-state index is 12.8. The van der Waals surface area contributed by atoms with E-state index < -0.39 is 5.41 Å². The van der Waals surface area contributed by atoms with Gasteiger partial charge in [0.2, 0.25) is 5.91 Å². The Hall–Kier alpha value is -3.94. The summed E-state index contributed by atoms with van der Waals surface area (Å²) in [4.78, 5) is 34.1. The van der Waals surface area contributed by atoms with Gasteiger partial charge in [0, 0.05) is 11.5 Å². The molecule has 2 aromatic heterocycles. The third kappa shape index (κ3) is 5.42. The van der Waals surface area contributed by atoms with E-state index in [0.717, 1.165) is 16.9 Å². The molecule has 1 aliphatic rings. The Labute approximate surface area is 205 Å². The highest BCUT2D eigenvalue weighted by Gasteiger charge is 2.40. The molecule has 2 heterocycles. The summed E-state index contributed by atoms with van der Waals surface area (Å²) in [5, 5.41) is 6.19. The number of ether oxygens (including phenoxy) is 1. The lowest BCUT2D eigenvalue weighted by Gasteiger charge is -2.34. The number of rotatable bonds is 6. The first-order valence-corrected chi connectivity index (χ1v) is 11.7. The summed E-state index contributed by atoms with van der Waals surface area (Å²) in [5.41, 5.74) is 9.44.